The van der Waals surface area contributed by atoms with Crippen molar-refractivity contribution in [2.75, 3.05) is 0 Å². The van der Waals surface area contributed by atoms with Crippen molar-refractivity contribution in [1.82, 2.24) is 15.0 Å². The summed E-state index contributed by atoms with van der Waals surface area (Å²) in [5, 5.41) is 4.18. The molecule has 0 aliphatic carbocycles. The Morgan fingerprint density at radius 2 is 0.720 bits per heavy atom. The summed E-state index contributed by atoms with van der Waals surface area (Å²) in [5.74, 6) is 0. The van der Waals surface area contributed by atoms with Gasteiger partial charge in [-0.1, -0.05) is 72.8 Å². The standard InChI is InChI=1S/C45H27N3O2/c1-7-28(23-29(8-1)32-17-19-42-38(26-32)36-13-5-21-46-44(36)49-42)30-9-2-11-34(24-30)40-15-4-16-41(48-40)35-12-3-10-31(25-35)33-18-20-43-39(27-33)37-14-6-22-47-45(37)50-43/h1-27H. The molecule has 5 heteroatoms. The van der Waals surface area contributed by atoms with Crippen molar-refractivity contribution in [3.05, 3.63) is 164 Å². The first kappa shape index (κ1) is 28.2. The van der Waals surface area contributed by atoms with Gasteiger partial charge in [0.15, 0.2) is 0 Å². The van der Waals surface area contributed by atoms with Crippen LogP contribution in [0.2, 0.25) is 0 Å². The average Bonchev–Trinajstić information content (AvgIpc) is 3.76. The third-order valence-corrected chi connectivity index (χ3v) is 9.42. The molecule has 0 spiro atoms. The van der Waals surface area contributed by atoms with E-state index in [1.807, 2.05) is 24.3 Å². The third kappa shape index (κ3) is 4.83. The number of hydrogen-bond acceptors (Lipinski definition) is 5. The van der Waals surface area contributed by atoms with E-state index < -0.39 is 0 Å². The molecule has 0 saturated heterocycles. The number of rotatable bonds is 5. The number of furan rings is 2. The Labute approximate surface area is 287 Å². The lowest BCUT2D eigenvalue weighted by Gasteiger charge is -2.10. The van der Waals surface area contributed by atoms with Gasteiger partial charge in [-0.25, -0.2) is 15.0 Å². The molecule has 0 aliphatic rings. The highest BCUT2D eigenvalue weighted by Gasteiger charge is 2.12. The smallest absolute Gasteiger partial charge is 0.227 e. The first-order valence-corrected chi connectivity index (χ1v) is 16.6. The molecule has 50 heavy (non-hydrogen) atoms. The zero-order chi connectivity index (χ0) is 33.0. The second kappa shape index (κ2) is 11.4. The Morgan fingerprint density at radius 3 is 1.20 bits per heavy atom. The fraction of sp³-hybridized carbons (Fsp3) is 0. The summed E-state index contributed by atoms with van der Waals surface area (Å²) >= 11 is 0. The van der Waals surface area contributed by atoms with Crippen LogP contribution in [0.5, 0.6) is 0 Å². The first-order chi connectivity index (χ1) is 24.7. The van der Waals surface area contributed by atoms with Crippen LogP contribution in [0.1, 0.15) is 0 Å². The number of hydrogen-bond donors (Lipinski definition) is 0. The Bertz CT molecular complexity index is 2700. The molecule has 0 N–H and O–H groups in total. The number of aromatic nitrogens is 3. The quantitative estimate of drug-likeness (QED) is 0.187. The van der Waals surface area contributed by atoms with Crippen LogP contribution in [0.3, 0.4) is 0 Å². The molecule has 0 fully saturated rings. The van der Waals surface area contributed by atoms with Crippen LogP contribution in [-0.2, 0) is 0 Å². The molecule has 5 heterocycles. The minimum atomic E-state index is 0.658. The van der Waals surface area contributed by atoms with Crippen molar-refractivity contribution in [2.45, 2.75) is 0 Å². The van der Waals surface area contributed by atoms with Gasteiger partial charge < -0.3 is 8.83 Å². The summed E-state index contributed by atoms with van der Waals surface area (Å²) in [6, 6.07) is 52.7. The summed E-state index contributed by atoms with van der Waals surface area (Å²) in [6.45, 7) is 0. The van der Waals surface area contributed by atoms with Gasteiger partial charge in [-0.15, -0.1) is 0 Å². The number of nitrogens with zero attached hydrogens (tertiary/aromatic N) is 3. The maximum atomic E-state index is 5.96. The van der Waals surface area contributed by atoms with Crippen molar-refractivity contribution in [3.8, 4) is 55.9 Å². The minimum Gasteiger partial charge on any atom is -0.438 e. The molecule has 0 bridgehead atoms. The van der Waals surface area contributed by atoms with E-state index in [0.29, 0.717) is 11.4 Å². The first-order valence-electron chi connectivity index (χ1n) is 16.6. The van der Waals surface area contributed by atoms with Crippen LogP contribution >= 0.6 is 0 Å². The van der Waals surface area contributed by atoms with E-state index in [2.05, 4.69) is 137 Å². The summed E-state index contributed by atoms with van der Waals surface area (Å²) in [6.07, 6.45) is 3.52. The molecule has 0 atom stereocenters. The van der Waals surface area contributed by atoms with E-state index in [1.54, 1.807) is 12.4 Å². The van der Waals surface area contributed by atoms with E-state index in [1.165, 1.54) is 0 Å². The lowest BCUT2D eigenvalue weighted by molar-refractivity contribution is 0.653. The summed E-state index contributed by atoms with van der Waals surface area (Å²) in [4.78, 5) is 13.9. The van der Waals surface area contributed by atoms with Crippen molar-refractivity contribution in [1.29, 1.82) is 0 Å². The largest absolute Gasteiger partial charge is 0.438 e. The zero-order valence-electron chi connectivity index (χ0n) is 26.7. The molecule has 0 radical (unpaired) electrons. The molecule has 5 nitrogen and oxygen atoms in total. The zero-order valence-corrected chi connectivity index (χ0v) is 26.7. The van der Waals surface area contributed by atoms with E-state index in [-0.39, 0.29) is 0 Å². The maximum absolute atomic E-state index is 5.96. The number of fused-ring (bicyclic) bond motifs is 6. The second-order valence-electron chi connectivity index (χ2n) is 12.5. The second-order valence-corrected chi connectivity index (χ2v) is 12.5. The molecule has 0 amide bonds. The molecule has 0 saturated carbocycles. The predicted molar refractivity (Wildman–Crippen MR) is 202 cm³/mol. The van der Waals surface area contributed by atoms with Crippen molar-refractivity contribution >= 4 is 44.1 Å². The summed E-state index contributed by atoms with van der Waals surface area (Å²) in [7, 11) is 0. The van der Waals surface area contributed by atoms with Crippen LogP contribution in [0.25, 0.3) is 100 Å². The Hall–Kier alpha value is -6.85. The molecule has 5 aromatic carbocycles. The van der Waals surface area contributed by atoms with Gasteiger partial charge in [0.05, 0.1) is 11.4 Å². The molecular weight excluding hydrogens is 615 g/mol. The van der Waals surface area contributed by atoms with E-state index in [0.717, 1.165) is 88.6 Å². The SMILES string of the molecule is c1cc(-c2cccc(-c3cccc(-c4cccc(-c5ccc6oc7ncccc7c6c5)c4)n3)c2)cc(-c2ccc3oc4ncccc4c3c2)c1. The van der Waals surface area contributed by atoms with Gasteiger partial charge in [0.25, 0.3) is 0 Å². The van der Waals surface area contributed by atoms with Gasteiger partial charge in [0.2, 0.25) is 11.4 Å². The molecule has 0 aliphatic heterocycles. The third-order valence-electron chi connectivity index (χ3n) is 9.42. The van der Waals surface area contributed by atoms with Gasteiger partial charge in [-0.2, -0.15) is 0 Å². The van der Waals surface area contributed by atoms with Crippen LogP contribution < -0.4 is 0 Å². The lowest BCUT2D eigenvalue weighted by Crippen LogP contribution is -1.89. The van der Waals surface area contributed by atoms with Gasteiger partial charge >= 0.3 is 0 Å². The summed E-state index contributed by atoms with van der Waals surface area (Å²) < 4.78 is 11.9. The topological polar surface area (TPSA) is 65.0 Å². The fourth-order valence-electron chi connectivity index (χ4n) is 6.93. The highest BCUT2D eigenvalue weighted by Crippen LogP contribution is 2.35. The number of benzene rings is 5. The van der Waals surface area contributed by atoms with E-state index >= 15 is 0 Å². The fourth-order valence-corrected chi connectivity index (χ4v) is 6.93. The van der Waals surface area contributed by atoms with Gasteiger partial charge in [0.1, 0.15) is 11.2 Å². The lowest BCUT2D eigenvalue weighted by atomic mass is 9.96. The van der Waals surface area contributed by atoms with Crippen molar-refractivity contribution in [2.24, 2.45) is 0 Å². The maximum Gasteiger partial charge on any atom is 0.227 e. The van der Waals surface area contributed by atoms with Gasteiger partial charge in [0, 0.05) is 45.1 Å². The highest BCUT2D eigenvalue weighted by atomic mass is 16.3. The Balaban J connectivity index is 0.968. The van der Waals surface area contributed by atoms with Gasteiger partial charge in [-0.05, 0) is 112 Å². The van der Waals surface area contributed by atoms with Crippen LogP contribution in [0, 0.1) is 0 Å². The summed E-state index contributed by atoms with van der Waals surface area (Å²) in [5.41, 5.74) is 13.8. The van der Waals surface area contributed by atoms with Crippen LogP contribution in [-0.4, -0.2) is 15.0 Å². The molecular formula is C45H27N3O2. The number of pyridine rings is 3. The average molecular weight is 642 g/mol. The monoisotopic (exact) mass is 641 g/mol. The van der Waals surface area contributed by atoms with Gasteiger partial charge in [-0.3, -0.25) is 0 Å². The van der Waals surface area contributed by atoms with Crippen molar-refractivity contribution < 1.29 is 8.83 Å². The predicted octanol–water partition coefficient (Wildman–Crippen LogP) is 12.0. The van der Waals surface area contributed by atoms with Crippen molar-refractivity contribution in [3.63, 3.8) is 0 Å². The highest BCUT2D eigenvalue weighted by molar-refractivity contribution is 6.06. The van der Waals surface area contributed by atoms with E-state index in [4.69, 9.17) is 13.8 Å². The molecule has 10 aromatic rings. The Kier molecular flexibility index (Phi) is 6.42. The van der Waals surface area contributed by atoms with E-state index in [9.17, 15) is 0 Å². The minimum absolute atomic E-state index is 0.658. The molecule has 234 valence electrons. The normalized spacial score (nSPS) is 11.6. The van der Waals surface area contributed by atoms with Crippen LogP contribution in [0.15, 0.2) is 173 Å². The molecule has 5 aromatic heterocycles. The molecule has 0 unspecified atom stereocenters. The Morgan fingerprint density at radius 1 is 0.320 bits per heavy atom. The molecule has 10 rings (SSSR count). The van der Waals surface area contributed by atoms with Crippen LogP contribution in [0.4, 0.5) is 0 Å².